The van der Waals surface area contributed by atoms with Crippen LogP contribution in [0.4, 0.5) is 0 Å². The number of aliphatic hydroxyl groups is 1. The normalized spacial score (nSPS) is 10.5. The lowest BCUT2D eigenvalue weighted by Gasteiger charge is -2.03. The summed E-state index contributed by atoms with van der Waals surface area (Å²) in [5.41, 5.74) is 1.04. The molecule has 0 aliphatic carbocycles. The van der Waals surface area contributed by atoms with Gasteiger partial charge in [-0.2, -0.15) is 0 Å². The minimum atomic E-state index is -1.01. The van der Waals surface area contributed by atoms with E-state index in [9.17, 15) is 4.79 Å². The van der Waals surface area contributed by atoms with Gasteiger partial charge in [0.15, 0.2) is 0 Å². The number of carbonyl (C=O) groups is 1. The highest BCUT2D eigenvalue weighted by molar-refractivity contribution is 6.01. The van der Waals surface area contributed by atoms with Gasteiger partial charge in [0.25, 0.3) is 0 Å². The molecule has 4 nitrogen and oxygen atoms in total. The fraction of sp³-hybridized carbons (Fsp3) is 0.0909. The molecule has 0 saturated carbocycles. The third kappa shape index (κ3) is 1.67. The lowest BCUT2D eigenvalue weighted by atomic mass is 10.1. The fourth-order valence-corrected chi connectivity index (χ4v) is 1.45. The molecule has 0 fully saturated rings. The number of para-hydroxylation sites is 1. The number of benzene rings is 1. The van der Waals surface area contributed by atoms with E-state index >= 15 is 0 Å². The van der Waals surface area contributed by atoms with Crippen LogP contribution in [-0.4, -0.2) is 21.2 Å². The number of aromatic nitrogens is 1. The predicted octanol–water partition coefficient (Wildman–Crippen LogP) is 1.43. The molecule has 0 atom stereocenters. The minimum absolute atomic E-state index is 0.155. The van der Waals surface area contributed by atoms with Crippen LogP contribution < -0.4 is 0 Å². The van der Waals surface area contributed by atoms with E-state index in [1.807, 2.05) is 0 Å². The molecule has 15 heavy (non-hydrogen) atoms. The van der Waals surface area contributed by atoms with Gasteiger partial charge in [-0.1, -0.05) is 18.2 Å². The molecule has 1 heterocycles. The Hall–Kier alpha value is -1.94. The molecule has 0 aliphatic heterocycles. The summed E-state index contributed by atoms with van der Waals surface area (Å²) >= 11 is 0. The van der Waals surface area contributed by atoms with E-state index in [0.29, 0.717) is 11.2 Å². The molecule has 0 amide bonds. The van der Waals surface area contributed by atoms with Crippen molar-refractivity contribution in [3.8, 4) is 0 Å². The summed E-state index contributed by atoms with van der Waals surface area (Å²) < 4.78 is 0. The third-order valence-corrected chi connectivity index (χ3v) is 2.17. The molecule has 4 heteroatoms. The van der Waals surface area contributed by atoms with Crippen LogP contribution in [0.5, 0.6) is 0 Å². The van der Waals surface area contributed by atoms with Crippen LogP contribution in [-0.2, 0) is 6.61 Å². The second-order valence-corrected chi connectivity index (χ2v) is 3.14. The van der Waals surface area contributed by atoms with Gasteiger partial charge in [-0.05, 0) is 12.1 Å². The van der Waals surface area contributed by atoms with Gasteiger partial charge >= 0.3 is 5.97 Å². The lowest BCUT2D eigenvalue weighted by molar-refractivity contribution is 0.0699. The van der Waals surface area contributed by atoms with Crippen molar-refractivity contribution in [3.05, 3.63) is 41.6 Å². The zero-order valence-corrected chi connectivity index (χ0v) is 7.84. The topological polar surface area (TPSA) is 70.4 Å². The average molecular weight is 203 g/mol. The van der Waals surface area contributed by atoms with Crippen molar-refractivity contribution in [1.82, 2.24) is 4.98 Å². The number of aromatic carboxylic acids is 1. The Bertz CT molecular complexity index is 522. The second kappa shape index (κ2) is 3.67. The van der Waals surface area contributed by atoms with Crippen LogP contribution in [0.1, 0.15) is 16.1 Å². The summed E-state index contributed by atoms with van der Waals surface area (Å²) in [6, 6.07) is 8.38. The van der Waals surface area contributed by atoms with Gasteiger partial charge in [0.05, 0.1) is 23.4 Å². The number of aliphatic hydroxyl groups excluding tert-OH is 1. The SMILES string of the molecule is O=C(O)c1cccc2ccc(CO)nc12. The first kappa shape index (κ1) is 9.61. The van der Waals surface area contributed by atoms with Crippen molar-refractivity contribution >= 4 is 16.9 Å². The molecule has 0 spiro atoms. The van der Waals surface area contributed by atoms with E-state index in [0.717, 1.165) is 5.39 Å². The molecule has 2 N–H and O–H groups in total. The first-order valence-electron chi connectivity index (χ1n) is 4.45. The Morgan fingerprint density at radius 2 is 2.07 bits per heavy atom. The molecule has 1 aromatic carbocycles. The van der Waals surface area contributed by atoms with Gasteiger partial charge in [-0.25, -0.2) is 9.78 Å². The highest BCUT2D eigenvalue weighted by Crippen LogP contribution is 2.17. The molecule has 0 unspecified atom stereocenters. The van der Waals surface area contributed by atoms with Crippen LogP contribution in [0.2, 0.25) is 0 Å². The Morgan fingerprint density at radius 1 is 1.27 bits per heavy atom. The highest BCUT2D eigenvalue weighted by atomic mass is 16.4. The van der Waals surface area contributed by atoms with Crippen molar-refractivity contribution in [2.24, 2.45) is 0 Å². The number of rotatable bonds is 2. The Morgan fingerprint density at radius 3 is 2.73 bits per heavy atom. The van der Waals surface area contributed by atoms with Crippen molar-refractivity contribution in [2.75, 3.05) is 0 Å². The number of hydrogen-bond acceptors (Lipinski definition) is 3. The maximum absolute atomic E-state index is 10.9. The quantitative estimate of drug-likeness (QED) is 0.774. The summed E-state index contributed by atoms with van der Waals surface area (Å²) in [6.07, 6.45) is 0. The molecule has 0 aliphatic rings. The summed E-state index contributed by atoms with van der Waals surface area (Å²) in [4.78, 5) is 15.0. The summed E-state index contributed by atoms with van der Waals surface area (Å²) in [7, 11) is 0. The van der Waals surface area contributed by atoms with Crippen molar-refractivity contribution in [3.63, 3.8) is 0 Å². The van der Waals surface area contributed by atoms with Gasteiger partial charge in [-0.3, -0.25) is 0 Å². The zero-order chi connectivity index (χ0) is 10.8. The molecule has 76 valence electrons. The Kier molecular flexibility index (Phi) is 2.35. The number of nitrogens with zero attached hydrogens (tertiary/aromatic N) is 1. The van der Waals surface area contributed by atoms with E-state index in [1.165, 1.54) is 6.07 Å². The van der Waals surface area contributed by atoms with E-state index in [1.54, 1.807) is 24.3 Å². The number of hydrogen-bond donors (Lipinski definition) is 2. The van der Waals surface area contributed by atoms with Crippen LogP contribution in [0.15, 0.2) is 30.3 Å². The molecular weight excluding hydrogens is 194 g/mol. The standard InChI is InChI=1S/C11H9NO3/c13-6-8-5-4-7-2-1-3-9(11(14)15)10(7)12-8/h1-5,13H,6H2,(H,14,15). The van der Waals surface area contributed by atoms with Gasteiger partial charge < -0.3 is 10.2 Å². The smallest absolute Gasteiger partial charge is 0.337 e. The zero-order valence-electron chi connectivity index (χ0n) is 7.84. The summed E-state index contributed by atoms with van der Waals surface area (Å²) in [6.45, 7) is -0.191. The first-order chi connectivity index (χ1) is 7.22. The van der Waals surface area contributed by atoms with Gasteiger partial charge in [0.1, 0.15) is 0 Å². The number of carboxylic acids is 1. The second-order valence-electron chi connectivity index (χ2n) is 3.14. The first-order valence-corrected chi connectivity index (χ1v) is 4.45. The maximum atomic E-state index is 10.9. The van der Waals surface area contributed by atoms with Gasteiger partial charge in [0.2, 0.25) is 0 Å². The number of carboxylic acid groups (broad SMARTS) is 1. The van der Waals surface area contributed by atoms with E-state index in [-0.39, 0.29) is 12.2 Å². The molecule has 0 bridgehead atoms. The predicted molar refractivity (Wildman–Crippen MR) is 54.6 cm³/mol. The molecule has 0 radical (unpaired) electrons. The van der Waals surface area contributed by atoms with E-state index in [4.69, 9.17) is 10.2 Å². The monoisotopic (exact) mass is 203 g/mol. The van der Waals surface area contributed by atoms with Crippen LogP contribution in [0.3, 0.4) is 0 Å². The largest absolute Gasteiger partial charge is 0.478 e. The number of pyridine rings is 1. The molecule has 2 rings (SSSR count). The maximum Gasteiger partial charge on any atom is 0.337 e. The van der Waals surface area contributed by atoms with Crippen LogP contribution in [0, 0.1) is 0 Å². The van der Waals surface area contributed by atoms with E-state index in [2.05, 4.69) is 4.98 Å². The van der Waals surface area contributed by atoms with Gasteiger partial charge in [0, 0.05) is 5.39 Å². The van der Waals surface area contributed by atoms with Crippen LogP contribution in [0.25, 0.3) is 10.9 Å². The summed E-state index contributed by atoms with van der Waals surface area (Å²) in [5.74, 6) is -1.01. The third-order valence-electron chi connectivity index (χ3n) is 2.17. The molecule has 1 aromatic heterocycles. The van der Waals surface area contributed by atoms with Crippen molar-refractivity contribution in [1.29, 1.82) is 0 Å². The molecular formula is C11H9NO3. The van der Waals surface area contributed by atoms with Crippen LogP contribution >= 0.6 is 0 Å². The average Bonchev–Trinajstić information content (AvgIpc) is 2.27. The lowest BCUT2D eigenvalue weighted by Crippen LogP contribution is -2.00. The Labute approximate surface area is 85.8 Å². The van der Waals surface area contributed by atoms with Crippen molar-refractivity contribution < 1.29 is 15.0 Å². The Balaban J connectivity index is 2.76. The van der Waals surface area contributed by atoms with Gasteiger partial charge in [-0.15, -0.1) is 0 Å². The van der Waals surface area contributed by atoms with E-state index < -0.39 is 5.97 Å². The number of fused-ring (bicyclic) bond motifs is 1. The minimum Gasteiger partial charge on any atom is -0.478 e. The molecule has 0 saturated heterocycles. The molecule has 2 aromatic rings. The fourth-order valence-electron chi connectivity index (χ4n) is 1.45. The summed E-state index contributed by atoms with van der Waals surface area (Å²) in [5, 5.41) is 18.6. The highest BCUT2D eigenvalue weighted by Gasteiger charge is 2.09. The van der Waals surface area contributed by atoms with Crippen molar-refractivity contribution in [2.45, 2.75) is 6.61 Å².